The van der Waals surface area contributed by atoms with Crippen LogP contribution in [0.25, 0.3) is 0 Å². The van der Waals surface area contributed by atoms with Gasteiger partial charge >= 0.3 is 0 Å². The molecule has 0 fully saturated rings. The van der Waals surface area contributed by atoms with Gasteiger partial charge in [0.25, 0.3) is 0 Å². The first-order valence-electron chi connectivity index (χ1n) is 6.40. The summed E-state index contributed by atoms with van der Waals surface area (Å²) in [6.07, 6.45) is 1.59. The number of benzene rings is 1. The van der Waals surface area contributed by atoms with Crippen molar-refractivity contribution in [3.63, 3.8) is 0 Å². The molecule has 21 heavy (non-hydrogen) atoms. The van der Waals surface area contributed by atoms with Gasteiger partial charge in [-0.25, -0.2) is 18.1 Å². The molecule has 1 heterocycles. The molecule has 4 N–H and O–H groups in total. The van der Waals surface area contributed by atoms with Gasteiger partial charge in [-0.2, -0.15) is 0 Å². The first-order valence-corrected chi connectivity index (χ1v) is 7.88. The van der Waals surface area contributed by atoms with Crippen LogP contribution in [0.3, 0.4) is 0 Å². The van der Waals surface area contributed by atoms with E-state index in [2.05, 4.69) is 9.71 Å². The van der Waals surface area contributed by atoms with Gasteiger partial charge in [-0.05, 0) is 24.1 Å². The lowest BCUT2D eigenvalue weighted by Crippen LogP contribution is -2.39. The number of nitrogens with zero attached hydrogens (tertiary/aromatic N) is 1. The smallest absolute Gasteiger partial charge is 0.242 e. The van der Waals surface area contributed by atoms with Crippen LogP contribution in [0.5, 0.6) is 0 Å². The summed E-state index contributed by atoms with van der Waals surface area (Å²) >= 11 is 0. The minimum absolute atomic E-state index is 0.0169. The van der Waals surface area contributed by atoms with Crippen LogP contribution in [0.15, 0.2) is 53.6 Å². The van der Waals surface area contributed by atoms with Crippen LogP contribution in [0.1, 0.15) is 5.56 Å². The second kappa shape index (κ2) is 6.66. The quantitative estimate of drug-likeness (QED) is 0.722. The Kier molecular flexibility index (Phi) is 4.89. The SMILES string of the molecule is Nc1ccc(S(=O)(=O)N[C@@H](CO)Cc2ccccc2)cn1. The molecule has 0 aliphatic heterocycles. The predicted molar refractivity (Wildman–Crippen MR) is 80.0 cm³/mol. The van der Waals surface area contributed by atoms with Gasteiger partial charge in [-0.3, -0.25) is 0 Å². The molecule has 0 amide bonds. The Hall–Kier alpha value is -1.96. The first-order chi connectivity index (χ1) is 10.0. The number of aliphatic hydroxyl groups is 1. The average molecular weight is 307 g/mol. The van der Waals surface area contributed by atoms with Crippen molar-refractivity contribution in [1.29, 1.82) is 0 Å². The van der Waals surface area contributed by atoms with Gasteiger partial charge < -0.3 is 10.8 Å². The van der Waals surface area contributed by atoms with E-state index in [0.29, 0.717) is 6.42 Å². The monoisotopic (exact) mass is 307 g/mol. The van der Waals surface area contributed by atoms with Crippen molar-refractivity contribution in [3.8, 4) is 0 Å². The van der Waals surface area contributed by atoms with Gasteiger partial charge in [0.05, 0.1) is 6.61 Å². The molecule has 2 aromatic rings. The maximum atomic E-state index is 12.2. The van der Waals surface area contributed by atoms with E-state index < -0.39 is 16.1 Å². The molecule has 112 valence electrons. The van der Waals surface area contributed by atoms with E-state index in [4.69, 9.17) is 5.73 Å². The first kappa shape index (κ1) is 15.4. The molecule has 0 saturated carbocycles. The van der Waals surface area contributed by atoms with Gasteiger partial charge in [0, 0.05) is 12.2 Å². The van der Waals surface area contributed by atoms with Gasteiger partial charge in [0.1, 0.15) is 10.7 Å². The molecule has 0 spiro atoms. The van der Waals surface area contributed by atoms with Crippen LogP contribution in [-0.2, 0) is 16.4 Å². The number of hydrogen-bond donors (Lipinski definition) is 3. The Labute approximate surface area is 123 Å². The summed E-state index contributed by atoms with van der Waals surface area (Å²) in [4.78, 5) is 3.78. The number of pyridine rings is 1. The van der Waals surface area contributed by atoms with Crippen molar-refractivity contribution >= 4 is 15.8 Å². The molecule has 0 radical (unpaired) electrons. The van der Waals surface area contributed by atoms with Crippen LogP contribution in [-0.4, -0.2) is 31.2 Å². The van der Waals surface area contributed by atoms with E-state index in [1.807, 2.05) is 30.3 Å². The highest BCUT2D eigenvalue weighted by Crippen LogP contribution is 2.11. The lowest BCUT2D eigenvalue weighted by molar-refractivity contribution is 0.256. The minimum Gasteiger partial charge on any atom is -0.395 e. The molecule has 1 aromatic carbocycles. The van der Waals surface area contributed by atoms with Gasteiger partial charge in [0.2, 0.25) is 10.0 Å². The summed E-state index contributed by atoms with van der Waals surface area (Å²) in [5.74, 6) is 0.247. The Morgan fingerprint density at radius 3 is 2.48 bits per heavy atom. The van der Waals surface area contributed by atoms with E-state index in [1.165, 1.54) is 18.3 Å². The molecular weight excluding hydrogens is 290 g/mol. The largest absolute Gasteiger partial charge is 0.395 e. The summed E-state index contributed by atoms with van der Waals surface area (Å²) in [5, 5.41) is 9.38. The van der Waals surface area contributed by atoms with Crippen molar-refractivity contribution in [2.24, 2.45) is 0 Å². The number of nitrogens with two attached hydrogens (primary N) is 1. The number of aromatic nitrogens is 1. The van der Waals surface area contributed by atoms with Crippen molar-refractivity contribution in [2.45, 2.75) is 17.4 Å². The van der Waals surface area contributed by atoms with E-state index >= 15 is 0 Å². The highest BCUT2D eigenvalue weighted by molar-refractivity contribution is 7.89. The Bertz CT molecular complexity index is 672. The lowest BCUT2D eigenvalue weighted by Gasteiger charge is -2.16. The Balaban J connectivity index is 2.12. The fraction of sp³-hybridized carbons (Fsp3) is 0.214. The number of nitrogens with one attached hydrogen (secondary N) is 1. The molecule has 1 atom stereocenters. The van der Waals surface area contributed by atoms with Crippen molar-refractivity contribution in [3.05, 3.63) is 54.2 Å². The normalized spacial score (nSPS) is 13.0. The molecule has 0 bridgehead atoms. The standard InChI is InChI=1S/C14H17N3O3S/c15-14-7-6-13(9-16-14)21(19,20)17-12(10-18)8-11-4-2-1-3-5-11/h1-7,9,12,17-18H,8,10H2,(H2,15,16)/t12-/m1/s1. The second-order valence-electron chi connectivity index (χ2n) is 4.61. The van der Waals surface area contributed by atoms with Crippen LogP contribution < -0.4 is 10.5 Å². The third kappa shape index (κ3) is 4.25. The summed E-state index contributed by atoms with van der Waals surface area (Å²) in [6, 6.07) is 11.5. The molecule has 6 nitrogen and oxygen atoms in total. The number of anilines is 1. The summed E-state index contributed by atoms with van der Waals surface area (Å²) in [6.45, 7) is -0.295. The van der Waals surface area contributed by atoms with E-state index in [1.54, 1.807) is 0 Å². The lowest BCUT2D eigenvalue weighted by atomic mass is 10.1. The van der Waals surface area contributed by atoms with Crippen molar-refractivity contribution in [1.82, 2.24) is 9.71 Å². The van der Waals surface area contributed by atoms with E-state index in [0.717, 1.165) is 5.56 Å². The predicted octanol–water partition coefficient (Wildman–Crippen LogP) is 0.546. The van der Waals surface area contributed by atoms with Crippen LogP contribution in [0, 0.1) is 0 Å². The number of rotatable bonds is 6. The second-order valence-corrected chi connectivity index (χ2v) is 6.32. The number of sulfonamides is 1. The van der Waals surface area contributed by atoms with E-state index in [9.17, 15) is 13.5 Å². The fourth-order valence-corrected chi connectivity index (χ4v) is 3.05. The third-order valence-electron chi connectivity index (χ3n) is 2.94. The summed E-state index contributed by atoms with van der Waals surface area (Å²) < 4.78 is 26.9. The highest BCUT2D eigenvalue weighted by Gasteiger charge is 2.20. The molecule has 1 aromatic heterocycles. The van der Waals surface area contributed by atoms with Crippen molar-refractivity contribution < 1.29 is 13.5 Å². The fourth-order valence-electron chi connectivity index (χ4n) is 1.88. The molecule has 7 heteroatoms. The van der Waals surface area contributed by atoms with Crippen molar-refractivity contribution in [2.75, 3.05) is 12.3 Å². The molecule has 0 unspecified atom stereocenters. The Morgan fingerprint density at radius 1 is 1.19 bits per heavy atom. The highest BCUT2D eigenvalue weighted by atomic mass is 32.2. The molecule has 2 rings (SSSR count). The average Bonchev–Trinajstić information content (AvgIpc) is 2.48. The van der Waals surface area contributed by atoms with Crippen LogP contribution in [0.4, 0.5) is 5.82 Å². The summed E-state index contributed by atoms with van der Waals surface area (Å²) in [7, 11) is -3.74. The molecule has 0 aliphatic carbocycles. The number of hydrogen-bond acceptors (Lipinski definition) is 5. The van der Waals surface area contributed by atoms with Crippen LogP contribution in [0.2, 0.25) is 0 Å². The topological polar surface area (TPSA) is 105 Å². The van der Waals surface area contributed by atoms with E-state index in [-0.39, 0.29) is 17.3 Å². The summed E-state index contributed by atoms with van der Waals surface area (Å²) in [5.41, 5.74) is 6.37. The van der Waals surface area contributed by atoms with Gasteiger partial charge in [-0.1, -0.05) is 30.3 Å². The molecule has 0 aliphatic rings. The maximum absolute atomic E-state index is 12.2. The van der Waals surface area contributed by atoms with Crippen LogP contribution >= 0.6 is 0 Å². The molecule has 0 saturated heterocycles. The minimum atomic E-state index is -3.74. The Morgan fingerprint density at radius 2 is 1.90 bits per heavy atom. The van der Waals surface area contributed by atoms with Gasteiger partial charge in [0.15, 0.2) is 0 Å². The zero-order valence-electron chi connectivity index (χ0n) is 11.3. The maximum Gasteiger partial charge on any atom is 0.242 e. The number of aliphatic hydroxyl groups excluding tert-OH is 1. The zero-order chi connectivity index (χ0) is 15.3. The molecular formula is C14H17N3O3S. The number of nitrogen functional groups attached to an aromatic ring is 1. The third-order valence-corrected chi connectivity index (χ3v) is 4.44. The van der Waals surface area contributed by atoms with Gasteiger partial charge in [-0.15, -0.1) is 0 Å². The zero-order valence-corrected chi connectivity index (χ0v) is 12.1.